The Balaban J connectivity index is 2.51. The van der Waals surface area contributed by atoms with Gasteiger partial charge in [0.05, 0.1) is 17.7 Å². The number of urea groups is 1. The van der Waals surface area contributed by atoms with E-state index in [0.29, 0.717) is 11.4 Å². The number of methoxy groups -OCH3 is 1. The van der Waals surface area contributed by atoms with Crippen LogP contribution in [0.25, 0.3) is 0 Å². The van der Waals surface area contributed by atoms with Crippen LogP contribution in [0.1, 0.15) is 13.8 Å². The summed E-state index contributed by atoms with van der Waals surface area (Å²) in [6.07, 6.45) is -0.548. The number of amides is 2. The lowest BCUT2D eigenvalue weighted by Gasteiger charge is -2.15. The van der Waals surface area contributed by atoms with Crippen LogP contribution in [0.4, 0.5) is 10.5 Å². The first-order valence-electron chi connectivity index (χ1n) is 6.00. The minimum absolute atomic E-state index is 0.107. The lowest BCUT2D eigenvalue weighted by molar-refractivity contribution is 0.126. The fourth-order valence-electron chi connectivity index (χ4n) is 1.35. The molecule has 0 bridgehead atoms. The number of aliphatic hydroxyl groups is 1. The molecule has 3 N–H and O–H groups in total. The molecule has 0 spiro atoms. The molecule has 0 aliphatic carbocycles. The highest BCUT2D eigenvalue weighted by molar-refractivity contribution is 9.10. The minimum atomic E-state index is -0.548. The van der Waals surface area contributed by atoms with Gasteiger partial charge in [-0.15, -0.1) is 0 Å². The van der Waals surface area contributed by atoms with Crippen molar-refractivity contribution in [3.05, 3.63) is 22.7 Å². The van der Waals surface area contributed by atoms with Crippen molar-refractivity contribution in [2.75, 3.05) is 19.0 Å². The normalized spacial score (nSPS) is 12.1. The van der Waals surface area contributed by atoms with E-state index in [2.05, 4.69) is 26.6 Å². The van der Waals surface area contributed by atoms with Crippen LogP contribution < -0.4 is 15.4 Å². The molecule has 19 heavy (non-hydrogen) atoms. The van der Waals surface area contributed by atoms with Gasteiger partial charge in [-0.3, -0.25) is 0 Å². The van der Waals surface area contributed by atoms with Gasteiger partial charge in [0.1, 0.15) is 5.75 Å². The van der Waals surface area contributed by atoms with Crippen molar-refractivity contribution in [2.45, 2.75) is 20.0 Å². The van der Waals surface area contributed by atoms with Crippen LogP contribution in [0.3, 0.4) is 0 Å². The molecule has 0 aliphatic rings. The van der Waals surface area contributed by atoms with Gasteiger partial charge in [0.25, 0.3) is 0 Å². The number of hydrogen-bond donors (Lipinski definition) is 3. The maximum absolute atomic E-state index is 11.6. The maximum atomic E-state index is 11.6. The number of carbonyl (C=O) groups excluding carboxylic acids is 1. The number of aliphatic hydroxyl groups excluding tert-OH is 1. The zero-order chi connectivity index (χ0) is 14.4. The first kappa shape index (κ1) is 15.8. The highest BCUT2D eigenvalue weighted by Crippen LogP contribution is 2.27. The van der Waals surface area contributed by atoms with Gasteiger partial charge in [0.15, 0.2) is 0 Å². The van der Waals surface area contributed by atoms with E-state index in [0.717, 1.165) is 4.47 Å². The second-order valence-electron chi connectivity index (χ2n) is 4.50. The summed E-state index contributed by atoms with van der Waals surface area (Å²) in [5.74, 6) is 0.802. The summed E-state index contributed by atoms with van der Waals surface area (Å²) in [5, 5.41) is 14.9. The Labute approximate surface area is 121 Å². The number of hydrogen-bond acceptors (Lipinski definition) is 3. The molecule has 0 saturated carbocycles. The fourth-order valence-corrected chi connectivity index (χ4v) is 1.89. The van der Waals surface area contributed by atoms with Gasteiger partial charge in [0.2, 0.25) is 0 Å². The number of halogens is 1. The first-order chi connectivity index (χ1) is 8.93. The molecule has 1 aromatic rings. The van der Waals surface area contributed by atoms with E-state index in [1.165, 1.54) is 0 Å². The highest BCUT2D eigenvalue weighted by atomic mass is 79.9. The predicted octanol–water partition coefficient (Wildman–Crippen LogP) is 2.60. The van der Waals surface area contributed by atoms with Crippen molar-refractivity contribution in [3.63, 3.8) is 0 Å². The largest absolute Gasteiger partial charge is 0.496 e. The van der Waals surface area contributed by atoms with Crippen LogP contribution >= 0.6 is 15.9 Å². The molecule has 1 aromatic carbocycles. The van der Waals surface area contributed by atoms with Crippen LogP contribution in [0.5, 0.6) is 5.75 Å². The zero-order valence-corrected chi connectivity index (χ0v) is 12.8. The molecule has 1 rings (SSSR count). The zero-order valence-electron chi connectivity index (χ0n) is 11.2. The molecule has 0 fully saturated rings. The Morgan fingerprint density at radius 1 is 1.47 bits per heavy atom. The standard InChI is InChI=1S/C13H19BrN2O3/c1-8(2)11(17)7-15-13(18)16-9-4-5-12(19-3)10(14)6-9/h4-6,8,11,17H,7H2,1-3H3,(H2,15,16,18). The lowest BCUT2D eigenvalue weighted by atomic mass is 10.1. The van der Waals surface area contributed by atoms with Crippen LogP contribution in [-0.4, -0.2) is 30.9 Å². The topological polar surface area (TPSA) is 70.6 Å². The van der Waals surface area contributed by atoms with E-state index in [-0.39, 0.29) is 18.5 Å². The van der Waals surface area contributed by atoms with Crippen LogP contribution in [0.2, 0.25) is 0 Å². The summed E-state index contributed by atoms with van der Waals surface area (Å²) < 4.78 is 5.86. The molecule has 0 aliphatic heterocycles. The van der Waals surface area contributed by atoms with Crippen LogP contribution in [0, 0.1) is 5.92 Å². The molecule has 5 nitrogen and oxygen atoms in total. The van der Waals surface area contributed by atoms with Crippen LogP contribution in [-0.2, 0) is 0 Å². The molecule has 0 saturated heterocycles. The van der Waals surface area contributed by atoms with E-state index in [4.69, 9.17) is 4.74 Å². The van der Waals surface area contributed by atoms with E-state index < -0.39 is 6.10 Å². The van der Waals surface area contributed by atoms with Gasteiger partial charge in [0, 0.05) is 12.2 Å². The summed E-state index contributed by atoms with van der Waals surface area (Å²) in [5.41, 5.74) is 0.643. The summed E-state index contributed by atoms with van der Waals surface area (Å²) in [4.78, 5) is 11.6. The smallest absolute Gasteiger partial charge is 0.319 e. The molecule has 1 atom stereocenters. The Kier molecular flexibility index (Phi) is 6.11. The minimum Gasteiger partial charge on any atom is -0.496 e. The summed E-state index contributed by atoms with van der Waals surface area (Å²) in [6.45, 7) is 4.01. The summed E-state index contributed by atoms with van der Waals surface area (Å²) in [6, 6.07) is 4.89. The third kappa shape index (κ3) is 5.08. The van der Waals surface area contributed by atoms with E-state index in [1.807, 2.05) is 13.8 Å². The van der Waals surface area contributed by atoms with E-state index in [9.17, 15) is 9.90 Å². The van der Waals surface area contributed by atoms with Gasteiger partial charge in [-0.25, -0.2) is 4.79 Å². The van der Waals surface area contributed by atoms with E-state index >= 15 is 0 Å². The number of nitrogens with one attached hydrogen (secondary N) is 2. The monoisotopic (exact) mass is 330 g/mol. The Bertz CT molecular complexity index is 438. The Hall–Kier alpha value is -1.27. The van der Waals surface area contributed by atoms with Gasteiger partial charge in [-0.1, -0.05) is 13.8 Å². The van der Waals surface area contributed by atoms with Crippen molar-refractivity contribution in [3.8, 4) is 5.75 Å². The number of benzene rings is 1. The number of rotatable bonds is 5. The first-order valence-corrected chi connectivity index (χ1v) is 6.79. The molecule has 0 aromatic heterocycles. The molecular weight excluding hydrogens is 312 g/mol. The van der Waals surface area contributed by atoms with Crippen molar-refractivity contribution in [2.24, 2.45) is 5.92 Å². The Morgan fingerprint density at radius 2 is 2.16 bits per heavy atom. The molecule has 1 unspecified atom stereocenters. The average Bonchev–Trinajstić information content (AvgIpc) is 2.36. The molecule has 106 valence electrons. The maximum Gasteiger partial charge on any atom is 0.319 e. The highest BCUT2D eigenvalue weighted by Gasteiger charge is 2.11. The average molecular weight is 331 g/mol. The molecular formula is C13H19BrN2O3. The quantitative estimate of drug-likeness (QED) is 0.777. The van der Waals surface area contributed by atoms with Gasteiger partial charge in [-0.05, 0) is 40.0 Å². The molecule has 2 amide bonds. The second-order valence-corrected chi connectivity index (χ2v) is 5.35. The Morgan fingerprint density at radius 3 is 2.68 bits per heavy atom. The van der Waals surface area contributed by atoms with E-state index in [1.54, 1.807) is 25.3 Å². The van der Waals surface area contributed by atoms with Gasteiger partial charge >= 0.3 is 6.03 Å². The molecule has 0 heterocycles. The van der Waals surface area contributed by atoms with Gasteiger partial charge < -0.3 is 20.5 Å². The third-order valence-electron chi connectivity index (χ3n) is 2.65. The van der Waals surface area contributed by atoms with Crippen molar-refractivity contribution in [1.29, 1.82) is 0 Å². The van der Waals surface area contributed by atoms with Crippen LogP contribution in [0.15, 0.2) is 22.7 Å². The van der Waals surface area contributed by atoms with Crippen molar-refractivity contribution in [1.82, 2.24) is 5.32 Å². The summed E-state index contributed by atoms with van der Waals surface area (Å²) >= 11 is 3.34. The van der Waals surface area contributed by atoms with Crippen molar-refractivity contribution < 1.29 is 14.6 Å². The predicted molar refractivity (Wildman–Crippen MR) is 78.6 cm³/mol. The number of anilines is 1. The molecule has 6 heteroatoms. The SMILES string of the molecule is COc1ccc(NC(=O)NCC(O)C(C)C)cc1Br. The number of ether oxygens (including phenoxy) is 1. The van der Waals surface area contributed by atoms with Crippen molar-refractivity contribution >= 4 is 27.6 Å². The lowest BCUT2D eigenvalue weighted by Crippen LogP contribution is -2.37. The fraction of sp³-hybridized carbons (Fsp3) is 0.462. The molecule has 0 radical (unpaired) electrons. The third-order valence-corrected chi connectivity index (χ3v) is 3.27. The summed E-state index contributed by atoms with van der Waals surface area (Å²) in [7, 11) is 1.58. The van der Waals surface area contributed by atoms with Gasteiger partial charge in [-0.2, -0.15) is 0 Å². The second kappa shape index (κ2) is 7.35. The number of carbonyl (C=O) groups is 1.